The van der Waals surface area contributed by atoms with Gasteiger partial charge in [-0.2, -0.15) is 0 Å². The van der Waals surface area contributed by atoms with Crippen LogP contribution in [0.3, 0.4) is 0 Å². The maximum atomic E-state index is 5.60. The van der Waals surface area contributed by atoms with Crippen molar-refractivity contribution in [2.75, 3.05) is 13.1 Å². The molecule has 6 rings (SSSR count). The van der Waals surface area contributed by atoms with Crippen molar-refractivity contribution in [3.63, 3.8) is 0 Å². The van der Waals surface area contributed by atoms with Crippen molar-refractivity contribution in [1.82, 2.24) is 39.9 Å². The largest absolute Gasteiger partial charge is 0.330 e. The molecule has 0 spiro atoms. The number of aryl methyl sites for hydroxylation is 2. The van der Waals surface area contributed by atoms with Crippen LogP contribution in [0.2, 0.25) is 0 Å². The van der Waals surface area contributed by atoms with Crippen LogP contribution in [0.4, 0.5) is 0 Å². The monoisotopic (exact) mass is 506 g/mol. The lowest BCUT2D eigenvalue weighted by atomic mass is 10.0. The summed E-state index contributed by atoms with van der Waals surface area (Å²) in [5.41, 5.74) is 17.5. The highest BCUT2D eigenvalue weighted by atomic mass is 15.1. The van der Waals surface area contributed by atoms with E-state index in [4.69, 9.17) is 21.4 Å². The molecule has 2 aromatic carbocycles. The van der Waals surface area contributed by atoms with Crippen LogP contribution in [0.1, 0.15) is 37.3 Å². The number of aromatic amines is 2. The molecule has 0 radical (unpaired) electrons. The molecule has 4 aromatic heterocycles. The molecule has 0 bridgehead atoms. The number of unbranched alkanes of at least 4 members (excludes halogenated alkanes) is 2. The van der Waals surface area contributed by atoms with Crippen LogP contribution in [-0.4, -0.2) is 53.0 Å². The quantitative estimate of drug-likeness (QED) is 0.202. The minimum atomic E-state index is 0.639. The van der Waals surface area contributed by atoms with Gasteiger partial charge in [-0.3, -0.25) is 0 Å². The molecular formula is C28H30N10. The molecule has 4 heterocycles. The van der Waals surface area contributed by atoms with E-state index in [0.717, 1.165) is 83.5 Å². The summed E-state index contributed by atoms with van der Waals surface area (Å²) in [6.07, 6.45) is 9.18. The molecule has 0 atom stereocenters. The van der Waals surface area contributed by atoms with Gasteiger partial charge >= 0.3 is 0 Å². The number of aromatic nitrogens is 8. The van der Waals surface area contributed by atoms with Crippen molar-refractivity contribution < 1.29 is 0 Å². The summed E-state index contributed by atoms with van der Waals surface area (Å²) in [5, 5.41) is 2.22. The van der Waals surface area contributed by atoms with Crippen LogP contribution in [0.15, 0.2) is 48.8 Å². The van der Waals surface area contributed by atoms with Gasteiger partial charge in [-0.05, 0) is 61.7 Å². The van der Waals surface area contributed by atoms with Crippen LogP contribution in [-0.2, 0) is 12.8 Å². The number of benzene rings is 2. The first kappa shape index (κ1) is 24.1. The average Bonchev–Trinajstić information content (AvgIpc) is 3.55. The lowest BCUT2D eigenvalue weighted by Gasteiger charge is -2.06. The number of H-pyrrole nitrogens is 2. The van der Waals surface area contributed by atoms with E-state index >= 15 is 0 Å². The lowest BCUT2D eigenvalue weighted by molar-refractivity contribution is 0.724. The van der Waals surface area contributed by atoms with Gasteiger partial charge in [0.15, 0.2) is 22.6 Å². The molecule has 6 aromatic rings. The van der Waals surface area contributed by atoms with E-state index in [2.05, 4.69) is 66.3 Å². The zero-order valence-electron chi connectivity index (χ0n) is 21.1. The molecule has 10 nitrogen and oxygen atoms in total. The summed E-state index contributed by atoms with van der Waals surface area (Å²) in [6, 6.07) is 12.6. The van der Waals surface area contributed by atoms with E-state index in [1.807, 2.05) is 0 Å². The Labute approximate surface area is 219 Å². The maximum Gasteiger partial charge on any atom is 0.197 e. The fourth-order valence-electron chi connectivity index (χ4n) is 4.63. The first-order valence-electron chi connectivity index (χ1n) is 13.1. The smallest absolute Gasteiger partial charge is 0.197 e. The Balaban J connectivity index is 1.24. The van der Waals surface area contributed by atoms with Crippen LogP contribution in [0.25, 0.3) is 55.9 Å². The topological polar surface area (TPSA) is 161 Å². The van der Waals surface area contributed by atoms with E-state index < -0.39 is 0 Å². The fourth-order valence-corrected chi connectivity index (χ4v) is 4.63. The standard InChI is InChI=1S/C28H30N10/c29-11-3-1-5-23-35-25-27(37-23)33-21(15-31-25)19-9-7-18-14-20(10-8-17(18)13-19)22-16-32-26-28(34-22)38-24(36-26)6-2-4-12-30/h7-10,13-16H,1-6,11-12,29-30H2,(H,31,33,35,37)(H,32,34,36,38). The molecule has 0 unspecified atom stereocenters. The van der Waals surface area contributed by atoms with E-state index in [9.17, 15) is 0 Å². The van der Waals surface area contributed by atoms with Gasteiger partial charge < -0.3 is 21.4 Å². The van der Waals surface area contributed by atoms with Crippen molar-refractivity contribution in [3.8, 4) is 22.5 Å². The lowest BCUT2D eigenvalue weighted by Crippen LogP contribution is -1.99. The Kier molecular flexibility index (Phi) is 6.72. The number of hydrogen-bond donors (Lipinski definition) is 4. The predicted molar refractivity (Wildman–Crippen MR) is 149 cm³/mol. The van der Waals surface area contributed by atoms with Crippen LogP contribution in [0, 0.1) is 0 Å². The molecule has 38 heavy (non-hydrogen) atoms. The summed E-state index contributed by atoms with van der Waals surface area (Å²) >= 11 is 0. The number of rotatable bonds is 10. The van der Waals surface area contributed by atoms with Gasteiger partial charge in [-0.15, -0.1) is 0 Å². The molecule has 0 aliphatic rings. The fraction of sp³-hybridized carbons (Fsp3) is 0.286. The van der Waals surface area contributed by atoms with Gasteiger partial charge in [0, 0.05) is 24.0 Å². The Morgan fingerprint density at radius 3 is 1.50 bits per heavy atom. The van der Waals surface area contributed by atoms with Crippen molar-refractivity contribution >= 4 is 33.4 Å². The third-order valence-electron chi connectivity index (χ3n) is 6.68. The van der Waals surface area contributed by atoms with Crippen LogP contribution in [0.5, 0.6) is 0 Å². The molecule has 192 valence electrons. The molecule has 0 aliphatic heterocycles. The number of imidazole rings is 2. The zero-order valence-corrected chi connectivity index (χ0v) is 21.1. The van der Waals surface area contributed by atoms with Crippen molar-refractivity contribution in [2.24, 2.45) is 11.5 Å². The summed E-state index contributed by atoms with van der Waals surface area (Å²) in [4.78, 5) is 34.3. The van der Waals surface area contributed by atoms with E-state index in [1.54, 1.807) is 12.4 Å². The van der Waals surface area contributed by atoms with E-state index in [-0.39, 0.29) is 0 Å². The first-order chi connectivity index (χ1) is 18.7. The minimum Gasteiger partial charge on any atom is -0.330 e. The van der Waals surface area contributed by atoms with E-state index in [0.29, 0.717) is 35.7 Å². The highest BCUT2D eigenvalue weighted by molar-refractivity contribution is 5.90. The van der Waals surface area contributed by atoms with Gasteiger partial charge in [-0.1, -0.05) is 24.3 Å². The van der Waals surface area contributed by atoms with Gasteiger partial charge in [0.05, 0.1) is 23.8 Å². The second kappa shape index (κ2) is 10.6. The van der Waals surface area contributed by atoms with Gasteiger partial charge in [0.1, 0.15) is 11.6 Å². The summed E-state index contributed by atoms with van der Waals surface area (Å²) < 4.78 is 0. The molecule has 6 N–H and O–H groups in total. The third-order valence-corrected chi connectivity index (χ3v) is 6.68. The second-order valence-electron chi connectivity index (χ2n) is 9.49. The minimum absolute atomic E-state index is 0.639. The van der Waals surface area contributed by atoms with Crippen molar-refractivity contribution in [2.45, 2.75) is 38.5 Å². The second-order valence-corrected chi connectivity index (χ2v) is 9.49. The SMILES string of the molecule is NCCCCc1nc2ncc(-c3ccc4cc(-c5cnc6nc(CCCCN)[nH]c6n5)ccc4c3)nc2[nH]1. The Morgan fingerprint density at radius 2 is 1.05 bits per heavy atom. The summed E-state index contributed by atoms with van der Waals surface area (Å²) in [5.74, 6) is 1.80. The summed E-state index contributed by atoms with van der Waals surface area (Å²) in [6.45, 7) is 1.38. The number of nitrogens with zero attached hydrogens (tertiary/aromatic N) is 6. The molecule has 10 heteroatoms. The Morgan fingerprint density at radius 1 is 0.579 bits per heavy atom. The number of nitrogens with one attached hydrogen (secondary N) is 2. The predicted octanol–water partition coefficient (Wildman–Crippen LogP) is 4.07. The Bertz CT molecular complexity index is 1590. The first-order valence-corrected chi connectivity index (χ1v) is 13.1. The highest BCUT2D eigenvalue weighted by Gasteiger charge is 2.11. The Hall–Kier alpha value is -4.28. The third kappa shape index (κ3) is 4.96. The number of nitrogens with two attached hydrogens (primary N) is 2. The number of hydrogen-bond acceptors (Lipinski definition) is 8. The molecule has 0 aliphatic carbocycles. The highest BCUT2D eigenvalue weighted by Crippen LogP contribution is 2.28. The van der Waals surface area contributed by atoms with Crippen molar-refractivity contribution in [3.05, 3.63) is 60.4 Å². The maximum absolute atomic E-state index is 5.60. The van der Waals surface area contributed by atoms with Crippen LogP contribution < -0.4 is 11.5 Å². The van der Waals surface area contributed by atoms with Crippen LogP contribution >= 0.6 is 0 Å². The number of fused-ring (bicyclic) bond motifs is 3. The molecule has 0 fully saturated rings. The average molecular weight is 507 g/mol. The molecule has 0 saturated carbocycles. The molecular weight excluding hydrogens is 476 g/mol. The van der Waals surface area contributed by atoms with Crippen molar-refractivity contribution in [1.29, 1.82) is 0 Å². The molecule has 0 saturated heterocycles. The normalized spacial score (nSPS) is 11.7. The van der Waals surface area contributed by atoms with Gasteiger partial charge in [0.25, 0.3) is 0 Å². The zero-order chi connectivity index (χ0) is 25.9. The summed E-state index contributed by atoms with van der Waals surface area (Å²) in [7, 11) is 0. The van der Waals surface area contributed by atoms with Gasteiger partial charge in [0.2, 0.25) is 0 Å². The van der Waals surface area contributed by atoms with E-state index in [1.165, 1.54) is 0 Å². The van der Waals surface area contributed by atoms with Gasteiger partial charge in [-0.25, -0.2) is 29.9 Å². The molecule has 0 amide bonds.